The minimum atomic E-state index is 0.496. The van der Waals surface area contributed by atoms with E-state index in [1.165, 1.54) is 5.56 Å². The highest BCUT2D eigenvalue weighted by Gasteiger charge is 2.06. The number of aromatic nitrogens is 1. The lowest BCUT2D eigenvalue weighted by molar-refractivity contribution is 0.867. The number of aromatic amines is 1. The van der Waals surface area contributed by atoms with Crippen LogP contribution in [0.2, 0.25) is 0 Å². The van der Waals surface area contributed by atoms with Gasteiger partial charge in [0.15, 0.2) is 0 Å². The smallest absolute Gasteiger partial charge is 0.121 e. The summed E-state index contributed by atoms with van der Waals surface area (Å²) in [5.74, 6) is 0.523. The molecule has 0 unspecified atom stereocenters. The Labute approximate surface area is 118 Å². The summed E-state index contributed by atoms with van der Waals surface area (Å²) in [6.07, 6.45) is 0. The molecule has 0 aliphatic heterocycles. The molecule has 2 rings (SSSR count). The fraction of sp³-hybridized carbons (Fsp3) is 0.250. The zero-order valence-electron chi connectivity index (χ0n) is 11.3. The van der Waals surface area contributed by atoms with Crippen LogP contribution in [0.15, 0.2) is 30.3 Å². The van der Waals surface area contributed by atoms with Crippen LogP contribution in [0.4, 0.5) is 0 Å². The zero-order chi connectivity index (χ0) is 14.0. The molecule has 1 aromatic carbocycles. The molecule has 19 heavy (non-hydrogen) atoms. The fourth-order valence-electron chi connectivity index (χ4n) is 2.05. The van der Waals surface area contributed by atoms with Crippen LogP contribution in [-0.4, -0.2) is 4.98 Å². The van der Waals surface area contributed by atoms with Crippen molar-refractivity contribution in [3.8, 4) is 17.3 Å². The van der Waals surface area contributed by atoms with Gasteiger partial charge in [-0.15, -0.1) is 0 Å². The number of hydrogen-bond donors (Lipinski definition) is 1. The van der Waals surface area contributed by atoms with Gasteiger partial charge < -0.3 is 4.98 Å². The van der Waals surface area contributed by atoms with Gasteiger partial charge in [-0.2, -0.15) is 5.26 Å². The van der Waals surface area contributed by atoms with Crippen LogP contribution in [0.1, 0.15) is 36.5 Å². The first-order valence-electron chi connectivity index (χ1n) is 6.27. The summed E-state index contributed by atoms with van der Waals surface area (Å²) in [6.45, 7) is 6.34. The molecular formula is C16H16N2S. The van der Waals surface area contributed by atoms with E-state index in [-0.39, 0.29) is 0 Å². The maximum atomic E-state index is 8.97. The van der Waals surface area contributed by atoms with Crippen LogP contribution in [0.3, 0.4) is 0 Å². The molecule has 0 aliphatic carbocycles. The molecule has 0 saturated heterocycles. The minimum absolute atomic E-state index is 0.496. The van der Waals surface area contributed by atoms with Crippen LogP contribution >= 0.6 is 12.2 Å². The summed E-state index contributed by atoms with van der Waals surface area (Å²) in [4.78, 5) is 3.15. The standard InChI is InChI=1S/C16H16N2S/c1-10(2)12-4-6-13(7-5-12)15-11(3)8-14(9-17)16(19)18-15/h4-8,10H,1-3H3,(H,18,19). The van der Waals surface area contributed by atoms with Crippen molar-refractivity contribution in [2.24, 2.45) is 0 Å². The first-order chi connectivity index (χ1) is 9.02. The molecule has 0 aliphatic rings. The van der Waals surface area contributed by atoms with Crippen molar-refractivity contribution in [1.29, 1.82) is 5.26 Å². The lowest BCUT2D eigenvalue weighted by Gasteiger charge is -2.09. The Hall–Kier alpha value is -1.92. The molecule has 0 fully saturated rings. The molecule has 0 radical (unpaired) electrons. The maximum absolute atomic E-state index is 8.97. The van der Waals surface area contributed by atoms with E-state index < -0.39 is 0 Å². The van der Waals surface area contributed by atoms with E-state index in [9.17, 15) is 0 Å². The van der Waals surface area contributed by atoms with E-state index in [0.717, 1.165) is 16.8 Å². The van der Waals surface area contributed by atoms with Gasteiger partial charge in [-0.05, 0) is 35.6 Å². The fourth-order valence-corrected chi connectivity index (χ4v) is 2.26. The average molecular weight is 268 g/mol. The van der Waals surface area contributed by atoms with Gasteiger partial charge in [-0.1, -0.05) is 50.3 Å². The van der Waals surface area contributed by atoms with Gasteiger partial charge in [0.25, 0.3) is 0 Å². The summed E-state index contributed by atoms with van der Waals surface area (Å²) >= 11 is 5.19. The molecule has 0 bridgehead atoms. The molecule has 0 spiro atoms. The van der Waals surface area contributed by atoms with Crippen LogP contribution in [0.5, 0.6) is 0 Å². The highest BCUT2D eigenvalue weighted by molar-refractivity contribution is 7.71. The lowest BCUT2D eigenvalue weighted by Crippen LogP contribution is -1.93. The Bertz CT molecular complexity index is 688. The van der Waals surface area contributed by atoms with Crippen molar-refractivity contribution in [1.82, 2.24) is 4.98 Å². The number of nitrogens with one attached hydrogen (secondary N) is 1. The van der Waals surface area contributed by atoms with Gasteiger partial charge in [0.05, 0.1) is 5.56 Å². The van der Waals surface area contributed by atoms with Crippen molar-refractivity contribution in [2.45, 2.75) is 26.7 Å². The lowest BCUT2D eigenvalue weighted by atomic mass is 9.99. The highest BCUT2D eigenvalue weighted by Crippen LogP contribution is 2.24. The second-order valence-electron chi connectivity index (χ2n) is 4.96. The number of benzene rings is 1. The van der Waals surface area contributed by atoms with E-state index in [1.54, 1.807) is 0 Å². The summed E-state index contributed by atoms with van der Waals surface area (Å²) in [5, 5.41) is 8.97. The summed E-state index contributed by atoms with van der Waals surface area (Å²) in [7, 11) is 0. The third-order valence-electron chi connectivity index (χ3n) is 3.22. The Morgan fingerprint density at radius 1 is 1.21 bits per heavy atom. The van der Waals surface area contributed by atoms with E-state index in [4.69, 9.17) is 17.5 Å². The second kappa shape index (κ2) is 5.38. The predicted octanol–water partition coefficient (Wildman–Crippen LogP) is 4.71. The molecule has 0 atom stereocenters. The van der Waals surface area contributed by atoms with Crippen LogP contribution in [0, 0.1) is 22.9 Å². The Kier molecular flexibility index (Phi) is 3.82. The number of nitrogens with zero attached hydrogens (tertiary/aromatic N) is 1. The molecule has 1 aromatic heterocycles. The van der Waals surface area contributed by atoms with Crippen LogP contribution in [0.25, 0.3) is 11.3 Å². The Morgan fingerprint density at radius 2 is 1.84 bits per heavy atom. The number of H-pyrrole nitrogens is 1. The number of aryl methyl sites for hydroxylation is 1. The zero-order valence-corrected chi connectivity index (χ0v) is 12.1. The molecule has 1 N–H and O–H groups in total. The molecule has 1 heterocycles. The number of rotatable bonds is 2. The molecule has 2 nitrogen and oxygen atoms in total. The molecule has 3 heteroatoms. The van der Waals surface area contributed by atoms with Gasteiger partial charge in [0, 0.05) is 5.69 Å². The Morgan fingerprint density at radius 3 is 2.37 bits per heavy atom. The maximum Gasteiger partial charge on any atom is 0.121 e. The third kappa shape index (κ3) is 2.74. The van der Waals surface area contributed by atoms with Crippen LogP contribution < -0.4 is 0 Å². The predicted molar refractivity (Wildman–Crippen MR) is 80.6 cm³/mol. The summed E-state index contributed by atoms with van der Waals surface area (Å²) < 4.78 is 0.496. The molecule has 0 amide bonds. The highest BCUT2D eigenvalue weighted by atomic mass is 32.1. The van der Waals surface area contributed by atoms with Gasteiger partial charge >= 0.3 is 0 Å². The molecule has 0 saturated carbocycles. The monoisotopic (exact) mass is 268 g/mol. The van der Waals surface area contributed by atoms with Gasteiger partial charge in [-0.3, -0.25) is 0 Å². The normalized spacial score (nSPS) is 10.5. The number of nitriles is 1. The van der Waals surface area contributed by atoms with Crippen molar-refractivity contribution < 1.29 is 0 Å². The van der Waals surface area contributed by atoms with E-state index >= 15 is 0 Å². The molecular weight excluding hydrogens is 252 g/mol. The quantitative estimate of drug-likeness (QED) is 0.801. The van der Waals surface area contributed by atoms with E-state index in [1.807, 2.05) is 13.0 Å². The van der Waals surface area contributed by atoms with Gasteiger partial charge in [-0.25, -0.2) is 0 Å². The van der Waals surface area contributed by atoms with E-state index in [0.29, 0.717) is 16.1 Å². The van der Waals surface area contributed by atoms with Gasteiger partial charge in [0.2, 0.25) is 0 Å². The first kappa shape index (κ1) is 13.5. The molecule has 2 aromatic rings. The van der Waals surface area contributed by atoms with Gasteiger partial charge in [0.1, 0.15) is 10.7 Å². The van der Waals surface area contributed by atoms with Crippen molar-refractivity contribution >= 4 is 12.2 Å². The SMILES string of the molecule is Cc1cc(C#N)c(=S)[nH]c1-c1ccc(C(C)C)cc1. The van der Waals surface area contributed by atoms with Crippen molar-refractivity contribution in [3.05, 3.63) is 51.7 Å². The Balaban J connectivity index is 2.51. The average Bonchev–Trinajstić information content (AvgIpc) is 2.41. The van der Waals surface area contributed by atoms with Crippen LogP contribution in [-0.2, 0) is 0 Å². The topological polar surface area (TPSA) is 39.6 Å². The number of pyridine rings is 1. The molecule has 96 valence electrons. The minimum Gasteiger partial charge on any atom is -0.345 e. The van der Waals surface area contributed by atoms with Crippen molar-refractivity contribution in [3.63, 3.8) is 0 Å². The van der Waals surface area contributed by atoms with Crippen molar-refractivity contribution in [2.75, 3.05) is 0 Å². The summed E-state index contributed by atoms with van der Waals surface area (Å²) in [6, 6.07) is 12.4. The first-order valence-corrected chi connectivity index (χ1v) is 6.68. The number of hydrogen-bond acceptors (Lipinski definition) is 2. The largest absolute Gasteiger partial charge is 0.345 e. The third-order valence-corrected chi connectivity index (χ3v) is 3.55. The second-order valence-corrected chi connectivity index (χ2v) is 5.37. The summed E-state index contributed by atoms with van der Waals surface area (Å²) in [5.41, 5.74) is 4.95. The van der Waals surface area contributed by atoms with E-state index in [2.05, 4.69) is 49.2 Å².